The van der Waals surface area contributed by atoms with Crippen molar-refractivity contribution in [1.82, 2.24) is 19.4 Å². The van der Waals surface area contributed by atoms with Crippen LogP contribution in [0.4, 0.5) is 5.95 Å². The number of methoxy groups -OCH3 is 4. The zero-order valence-electron chi connectivity index (χ0n) is 31.0. The van der Waals surface area contributed by atoms with Crippen molar-refractivity contribution in [2.45, 2.75) is 50.3 Å². The molecule has 2 N–H and O–H groups in total. The summed E-state index contributed by atoms with van der Waals surface area (Å²) in [6.07, 6.45) is 3.75. The molecule has 12 heteroatoms. The Balaban J connectivity index is 1.03. The van der Waals surface area contributed by atoms with Gasteiger partial charge >= 0.3 is 0 Å². The van der Waals surface area contributed by atoms with Crippen molar-refractivity contribution in [1.29, 1.82) is 0 Å². The van der Waals surface area contributed by atoms with Crippen LogP contribution in [-0.2, 0) is 18.6 Å². The van der Waals surface area contributed by atoms with E-state index >= 15 is 0 Å². The number of likely N-dealkylation sites (tertiary alicyclic amines) is 2. The third-order valence-corrected chi connectivity index (χ3v) is 10.9. The van der Waals surface area contributed by atoms with Gasteiger partial charge in [0, 0.05) is 43.2 Å². The van der Waals surface area contributed by atoms with Crippen molar-refractivity contribution in [3.05, 3.63) is 95.4 Å². The van der Waals surface area contributed by atoms with Gasteiger partial charge in [-0.1, -0.05) is 24.3 Å². The second-order valence-corrected chi connectivity index (χ2v) is 13.9. The standard InChI is InChI=1S/C41H49N5O7/c1-49-31-11-9-29(10-12-31)41(18-22-45(27-41)39(48)28-23-36(50-2)38(52-4)37(24-28)51-3)17-21-44-19-15-30(16-20-44)42-40-43-34-7-5-6-8-35(34)46(40)25-32-13-14-33(26-47)53-32/h5-14,23-24,30,47H,15-22,25-27H2,1-4H3,(H,42,43). The fourth-order valence-electron chi connectivity index (χ4n) is 7.91. The monoisotopic (exact) mass is 723 g/mol. The fourth-order valence-corrected chi connectivity index (χ4v) is 7.91. The van der Waals surface area contributed by atoms with E-state index < -0.39 is 0 Å². The molecule has 12 nitrogen and oxygen atoms in total. The van der Waals surface area contributed by atoms with Gasteiger partial charge in [0.15, 0.2) is 11.5 Å². The van der Waals surface area contributed by atoms with Gasteiger partial charge in [-0.2, -0.15) is 0 Å². The molecule has 2 fully saturated rings. The van der Waals surface area contributed by atoms with Crippen LogP contribution in [0.25, 0.3) is 11.0 Å². The maximum Gasteiger partial charge on any atom is 0.254 e. The molecule has 1 unspecified atom stereocenters. The van der Waals surface area contributed by atoms with Crippen molar-refractivity contribution in [2.24, 2.45) is 0 Å². The van der Waals surface area contributed by atoms with Crippen molar-refractivity contribution in [3.63, 3.8) is 0 Å². The molecule has 0 aliphatic carbocycles. The summed E-state index contributed by atoms with van der Waals surface area (Å²) in [4.78, 5) is 23.5. The topological polar surface area (TPSA) is 124 Å². The van der Waals surface area contributed by atoms with Crippen LogP contribution in [0.5, 0.6) is 23.0 Å². The third kappa shape index (κ3) is 7.51. The van der Waals surface area contributed by atoms with Gasteiger partial charge in [0.2, 0.25) is 11.7 Å². The van der Waals surface area contributed by atoms with E-state index in [1.807, 2.05) is 47.4 Å². The average molecular weight is 724 g/mol. The zero-order valence-corrected chi connectivity index (χ0v) is 31.0. The lowest BCUT2D eigenvalue weighted by Gasteiger charge is -2.36. The van der Waals surface area contributed by atoms with Gasteiger partial charge < -0.3 is 48.2 Å². The van der Waals surface area contributed by atoms with Crippen LogP contribution >= 0.6 is 0 Å². The number of rotatable bonds is 14. The van der Waals surface area contributed by atoms with Gasteiger partial charge in [0.1, 0.15) is 23.9 Å². The lowest BCUT2D eigenvalue weighted by Crippen LogP contribution is -2.42. The number of ether oxygens (including phenoxy) is 4. The molecule has 1 atom stereocenters. The summed E-state index contributed by atoms with van der Waals surface area (Å²) in [5, 5.41) is 13.2. The summed E-state index contributed by atoms with van der Waals surface area (Å²) < 4.78 is 30.0. The molecule has 0 saturated carbocycles. The molecular weight excluding hydrogens is 674 g/mol. The number of hydrogen-bond acceptors (Lipinski definition) is 10. The number of amides is 1. The summed E-state index contributed by atoms with van der Waals surface area (Å²) >= 11 is 0. The van der Waals surface area contributed by atoms with Crippen molar-refractivity contribution < 1.29 is 33.3 Å². The third-order valence-electron chi connectivity index (χ3n) is 10.9. The molecule has 280 valence electrons. The van der Waals surface area contributed by atoms with E-state index in [0.717, 1.165) is 73.8 Å². The maximum absolute atomic E-state index is 14.0. The molecule has 2 aliphatic heterocycles. The molecule has 0 bridgehead atoms. The highest BCUT2D eigenvalue weighted by atomic mass is 16.5. The Morgan fingerprint density at radius 1 is 0.906 bits per heavy atom. The van der Waals surface area contributed by atoms with Gasteiger partial charge in [-0.25, -0.2) is 4.98 Å². The number of aliphatic hydroxyl groups is 1. The number of imidazole rings is 1. The Labute approximate surface area is 310 Å². The highest BCUT2D eigenvalue weighted by molar-refractivity contribution is 5.96. The van der Waals surface area contributed by atoms with E-state index in [1.165, 1.54) is 5.56 Å². The first-order chi connectivity index (χ1) is 25.9. The molecule has 2 saturated heterocycles. The minimum absolute atomic E-state index is 0.0570. The number of para-hydroxylation sites is 2. The summed E-state index contributed by atoms with van der Waals surface area (Å²) in [5.41, 5.74) is 3.49. The molecule has 5 aromatic rings. The first-order valence-corrected chi connectivity index (χ1v) is 18.2. The van der Waals surface area contributed by atoms with Crippen LogP contribution in [-0.4, -0.2) is 97.6 Å². The zero-order chi connectivity index (χ0) is 37.0. The molecule has 7 rings (SSSR count). The summed E-state index contributed by atoms with van der Waals surface area (Å²) in [5.74, 6) is 4.29. The molecule has 2 aromatic heterocycles. The number of carbonyl (C=O) groups is 1. The minimum atomic E-state index is -0.204. The Bertz CT molecular complexity index is 1990. The summed E-state index contributed by atoms with van der Waals surface area (Å²) in [6, 6.07) is 23.9. The summed E-state index contributed by atoms with van der Waals surface area (Å²) in [7, 11) is 6.35. The van der Waals surface area contributed by atoms with E-state index in [0.29, 0.717) is 48.2 Å². The molecule has 4 heterocycles. The molecule has 53 heavy (non-hydrogen) atoms. The van der Waals surface area contributed by atoms with E-state index in [4.69, 9.17) is 28.3 Å². The van der Waals surface area contributed by atoms with Crippen molar-refractivity contribution in [3.8, 4) is 23.0 Å². The number of nitrogens with one attached hydrogen (secondary N) is 1. The predicted molar refractivity (Wildman–Crippen MR) is 202 cm³/mol. The van der Waals surface area contributed by atoms with Crippen LogP contribution < -0.4 is 24.3 Å². The number of anilines is 1. The lowest BCUT2D eigenvalue weighted by atomic mass is 9.76. The highest BCUT2D eigenvalue weighted by Gasteiger charge is 2.42. The van der Waals surface area contributed by atoms with Gasteiger partial charge in [0.25, 0.3) is 5.91 Å². The number of benzene rings is 3. The second kappa shape index (κ2) is 15.8. The van der Waals surface area contributed by atoms with Crippen LogP contribution in [0, 0.1) is 0 Å². The van der Waals surface area contributed by atoms with Crippen LogP contribution in [0.1, 0.15) is 53.1 Å². The Morgan fingerprint density at radius 3 is 2.28 bits per heavy atom. The number of nitrogens with zero attached hydrogens (tertiary/aromatic N) is 4. The van der Waals surface area contributed by atoms with E-state index in [-0.39, 0.29) is 24.0 Å². The second-order valence-electron chi connectivity index (χ2n) is 13.9. The fraction of sp³-hybridized carbons (Fsp3) is 0.415. The SMILES string of the molecule is COc1ccc(C2(CCN3CCC(Nc4nc5ccccc5n4Cc4ccc(CO)o4)CC3)CCN(C(=O)c3cc(OC)c(OC)c(OC)c3)C2)cc1. The molecule has 3 aromatic carbocycles. The largest absolute Gasteiger partial charge is 0.497 e. The molecular formula is C41H49N5O7. The number of aromatic nitrogens is 2. The van der Waals surface area contributed by atoms with Gasteiger partial charge in [-0.15, -0.1) is 0 Å². The van der Waals surface area contributed by atoms with Crippen LogP contribution in [0.3, 0.4) is 0 Å². The van der Waals surface area contributed by atoms with Crippen LogP contribution in [0.2, 0.25) is 0 Å². The van der Waals surface area contributed by atoms with E-state index in [9.17, 15) is 9.90 Å². The van der Waals surface area contributed by atoms with Crippen molar-refractivity contribution in [2.75, 3.05) is 66.5 Å². The maximum atomic E-state index is 14.0. The molecule has 0 radical (unpaired) electrons. The van der Waals surface area contributed by atoms with Crippen LogP contribution in [0.15, 0.2) is 77.2 Å². The molecule has 2 aliphatic rings. The normalized spacial score (nSPS) is 18.0. The predicted octanol–water partition coefficient (Wildman–Crippen LogP) is 5.95. The molecule has 0 spiro atoms. The first kappa shape index (κ1) is 36.2. The number of furan rings is 1. The van der Waals surface area contributed by atoms with Crippen molar-refractivity contribution >= 4 is 22.9 Å². The number of aliphatic hydroxyl groups excluding tert-OH is 1. The number of hydrogen-bond donors (Lipinski definition) is 2. The smallest absolute Gasteiger partial charge is 0.254 e. The van der Waals surface area contributed by atoms with Gasteiger partial charge in [-0.3, -0.25) is 4.79 Å². The van der Waals surface area contributed by atoms with E-state index in [2.05, 4.69) is 33.0 Å². The number of fused-ring (bicyclic) bond motifs is 1. The quantitative estimate of drug-likeness (QED) is 0.142. The lowest BCUT2D eigenvalue weighted by molar-refractivity contribution is 0.0779. The van der Waals surface area contributed by atoms with Gasteiger partial charge in [-0.05, 0) is 86.3 Å². The Kier molecular flexibility index (Phi) is 10.8. The Hall–Kier alpha value is -5.20. The average Bonchev–Trinajstić information content (AvgIpc) is 3.95. The number of piperidine rings is 1. The number of carbonyl (C=O) groups excluding carboxylic acids is 1. The first-order valence-electron chi connectivity index (χ1n) is 18.2. The van der Waals surface area contributed by atoms with E-state index in [1.54, 1.807) is 40.6 Å². The summed E-state index contributed by atoms with van der Waals surface area (Å²) in [6.45, 7) is 4.50. The minimum Gasteiger partial charge on any atom is -0.497 e. The Morgan fingerprint density at radius 2 is 1.62 bits per heavy atom. The highest BCUT2D eigenvalue weighted by Crippen LogP contribution is 2.42. The molecule has 1 amide bonds. The van der Waals surface area contributed by atoms with Gasteiger partial charge in [0.05, 0.1) is 46.0 Å².